The number of nitrogens with zero attached hydrogens (tertiary/aromatic N) is 2. The molecule has 7 nitrogen and oxygen atoms in total. The number of aryl methyl sites for hydroxylation is 2. The van der Waals surface area contributed by atoms with Crippen molar-refractivity contribution < 1.29 is 14.0 Å². The molecule has 0 unspecified atom stereocenters. The van der Waals surface area contributed by atoms with Crippen LogP contribution in [0.4, 0.5) is 11.5 Å². The Morgan fingerprint density at radius 2 is 2.20 bits per heavy atom. The summed E-state index contributed by atoms with van der Waals surface area (Å²) in [7, 11) is 1.73. The lowest BCUT2D eigenvalue weighted by Crippen LogP contribution is -2.24. The number of hydrogen-bond acceptors (Lipinski definition) is 5. The molecule has 0 saturated carbocycles. The maximum Gasteiger partial charge on any atom is 0.246 e. The second kappa shape index (κ2) is 8.02. The Hall–Kier alpha value is -3.61. The van der Waals surface area contributed by atoms with Gasteiger partial charge in [0.15, 0.2) is 0 Å². The molecule has 1 aliphatic heterocycles. The highest BCUT2D eigenvalue weighted by Crippen LogP contribution is 2.30. The first-order valence-corrected chi connectivity index (χ1v) is 9.91. The molecule has 0 fully saturated rings. The first-order valence-electron chi connectivity index (χ1n) is 9.91. The first-order chi connectivity index (χ1) is 14.4. The summed E-state index contributed by atoms with van der Waals surface area (Å²) in [6.07, 6.45) is 6.98. The van der Waals surface area contributed by atoms with Crippen molar-refractivity contribution in [2.24, 2.45) is 0 Å². The van der Waals surface area contributed by atoms with E-state index in [0.29, 0.717) is 24.5 Å². The number of pyridine rings is 1. The topological polar surface area (TPSA) is 101 Å². The molecule has 2 aromatic heterocycles. The minimum Gasteiger partial charge on any atom is -0.459 e. The monoisotopic (exact) mass is 404 g/mol. The van der Waals surface area contributed by atoms with Crippen molar-refractivity contribution in [3.05, 3.63) is 59.0 Å². The fraction of sp³-hybridized carbons (Fsp3) is 0.261. The maximum absolute atomic E-state index is 12.6. The Kier molecular flexibility index (Phi) is 5.27. The fourth-order valence-corrected chi connectivity index (χ4v) is 3.68. The summed E-state index contributed by atoms with van der Waals surface area (Å²) in [6.45, 7) is 2.30. The standard InChI is InChI=1S/C23H24N4O3/c1-14-19(30-18-7-4-6-17(24)22(14)18)13-27(2)21(29)10-9-15-11-16-5-3-8-20(28)26-23(16)25-12-15/h4,6-7,9-12H,3,5,8,13,24H2,1-2H3,(H,25,26,28)/b10-9+. The molecule has 3 heterocycles. The number of furan rings is 1. The van der Waals surface area contributed by atoms with E-state index in [0.717, 1.165) is 46.3 Å². The summed E-state index contributed by atoms with van der Waals surface area (Å²) in [5.41, 5.74) is 10.2. The molecule has 0 aliphatic carbocycles. The molecule has 0 saturated heterocycles. The van der Waals surface area contributed by atoms with E-state index in [2.05, 4.69) is 10.3 Å². The summed E-state index contributed by atoms with van der Waals surface area (Å²) in [5, 5.41) is 3.71. The average molecular weight is 404 g/mol. The van der Waals surface area contributed by atoms with Gasteiger partial charge in [-0.25, -0.2) is 4.98 Å². The van der Waals surface area contributed by atoms with E-state index in [9.17, 15) is 9.59 Å². The number of hydrogen-bond donors (Lipinski definition) is 2. The van der Waals surface area contributed by atoms with Gasteiger partial charge in [-0.15, -0.1) is 0 Å². The number of carbonyl (C=O) groups is 2. The number of benzene rings is 1. The molecular formula is C23H24N4O3. The Morgan fingerprint density at radius 3 is 3.00 bits per heavy atom. The number of carbonyl (C=O) groups excluding carboxylic acids is 2. The van der Waals surface area contributed by atoms with Crippen LogP contribution < -0.4 is 11.1 Å². The molecule has 4 rings (SSSR count). The Morgan fingerprint density at radius 1 is 1.37 bits per heavy atom. The third-order valence-corrected chi connectivity index (χ3v) is 5.36. The number of amides is 2. The van der Waals surface area contributed by atoms with Crippen LogP contribution in [0.2, 0.25) is 0 Å². The molecule has 154 valence electrons. The quantitative estimate of drug-likeness (QED) is 0.510. The highest BCUT2D eigenvalue weighted by molar-refractivity contribution is 5.94. The minimum absolute atomic E-state index is 0.0102. The number of fused-ring (bicyclic) bond motifs is 2. The normalized spacial score (nSPS) is 13.9. The lowest BCUT2D eigenvalue weighted by Gasteiger charge is -2.14. The van der Waals surface area contributed by atoms with Gasteiger partial charge in [-0.1, -0.05) is 6.07 Å². The average Bonchev–Trinajstić information content (AvgIpc) is 2.91. The number of nitrogens with one attached hydrogen (secondary N) is 1. The van der Waals surface area contributed by atoms with Crippen LogP contribution in [0, 0.1) is 6.92 Å². The van der Waals surface area contributed by atoms with Gasteiger partial charge in [0, 0.05) is 42.4 Å². The lowest BCUT2D eigenvalue weighted by molar-refractivity contribution is -0.125. The van der Waals surface area contributed by atoms with Crippen molar-refractivity contribution in [1.82, 2.24) is 9.88 Å². The number of rotatable bonds is 4. The number of nitrogens with two attached hydrogens (primary N) is 1. The maximum atomic E-state index is 12.6. The summed E-state index contributed by atoms with van der Waals surface area (Å²) < 4.78 is 5.90. The molecule has 1 aromatic carbocycles. The molecule has 0 radical (unpaired) electrons. The van der Waals surface area contributed by atoms with Gasteiger partial charge in [-0.05, 0) is 55.2 Å². The van der Waals surface area contributed by atoms with Gasteiger partial charge in [0.2, 0.25) is 11.8 Å². The van der Waals surface area contributed by atoms with E-state index in [1.807, 2.05) is 31.2 Å². The zero-order valence-electron chi connectivity index (χ0n) is 17.1. The van der Waals surface area contributed by atoms with Crippen molar-refractivity contribution in [2.45, 2.75) is 32.7 Å². The Labute approximate surface area is 174 Å². The number of aromatic nitrogens is 1. The molecule has 2 amide bonds. The Bertz CT molecular complexity index is 1160. The molecule has 3 aromatic rings. The zero-order valence-corrected chi connectivity index (χ0v) is 17.1. The summed E-state index contributed by atoms with van der Waals surface area (Å²) in [4.78, 5) is 30.2. The van der Waals surface area contributed by atoms with E-state index < -0.39 is 0 Å². The molecule has 0 bridgehead atoms. The van der Waals surface area contributed by atoms with Crippen molar-refractivity contribution in [1.29, 1.82) is 0 Å². The van der Waals surface area contributed by atoms with Crippen LogP contribution in [0.3, 0.4) is 0 Å². The Balaban J connectivity index is 1.47. The fourth-order valence-electron chi connectivity index (χ4n) is 3.68. The number of anilines is 2. The largest absolute Gasteiger partial charge is 0.459 e. The van der Waals surface area contributed by atoms with Gasteiger partial charge in [-0.2, -0.15) is 0 Å². The van der Waals surface area contributed by atoms with Crippen LogP contribution in [-0.2, 0) is 22.6 Å². The highest BCUT2D eigenvalue weighted by Gasteiger charge is 2.16. The van der Waals surface area contributed by atoms with Gasteiger partial charge in [0.05, 0.1) is 6.54 Å². The van der Waals surface area contributed by atoms with Crippen LogP contribution in [0.5, 0.6) is 0 Å². The van der Waals surface area contributed by atoms with E-state index >= 15 is 0 Å². The molecule has 3 N–H and O–H groups in total. The number of nitrogen functional groups attached to an aromatic ring is 1. The van der Waals surface area contributed by atoms with Crippen molar-refractivity contribution in [3.8, 4) is 0 Å². The third-order valence-electron chi connectivity index (χ3n) is 5.36. The minimum atomic E-state index is -0.147. The molecule has 30 heavy (non-hydrogen) atoms. The van der Waals surface area contributed by atoms with Gasteiger partial charge < -0.3 is 20.4 Å². The van der Waals surface area contributed by atoms with Crippen molar-refractivity contribution >= 4 is 40.4 Å². The molecular weight excluding hydrogens is 380 g/mol. The summed E-state index contributed by atoms with van der Waals surface area (Å²) in [5.74, 6) is 1.17. The summed E-state index contributed by atoms with van der Waals surface area (Å²) in [6, 6.07) is 7.52. The van der Waals surface area contributed by atoms with Crippen molar-refractivity contribution in [3.63, 3.8) is 0 Å². The van der Waals surface area contributed by atoms with Crippen LogP contribution >= 0.6 is 0 Å². The summed E-state index contributed by atoms with van der Waals surface area (Å²) >= 11 is 0. The molecule has 1 aliphatic rings. The second-order valence-corrected chi connectivity index (χ2v) is 7.58. The van der Waals surface area contributed by atoms with Gasteiger partial charge in [0.1, 0.15) is 17.2 Å². The van der Waals surface area contributed by atoms with E-state index in [1.54, 1.807) is 24.2 Å². The van der Waals surface area contributed by atoms with Crippen molar-refractivity contribution in [2.75, 3.05) is 18.1 Å². The SMILES string of the molecule is Cc1c(CN(C)C(=O)/C=C/c2cnc3c(c2)CCCC(=O)N3)oc2cccc(N)c12. The molecule has 0 spiro atoms. The van der Waals surface area contributed by atoms with Crippen LogP contribution in [-0.4, -0.2) is 28.7 Å². The van der Waals surface area contributed by atoms with E-state index in [-0.39, 0.29) is 11.8 Å². The zero-order chi connectivity index (χ0) is 21.3. The lowest BCUT2D eigenvalue weighted by atomic mass is 10.1. The first kappa shape index (κ1) is 19.7. The molecule has 0 atom stereocenters. The van der Waals surface area contributed by atoms with E-state index in [1.165, 1.54) is 6.08 Å². The smallest absolute Gasteiger partial charge is 0.246 e. The number of likely N-dealkylation sites (N-methyl/N-ethyl adjacent to an activating group) is 1. The van der Waals surface area contributed by atoms with Crippen LogP contribution in [0.25, 0.3) is 17.0 Å². The van der Waals surface area contributed by atoms with E-state index in [4.69, 9.17) is 10.2 Å². The third kappa shape index (κ3) is 3.91. The predicted octanol–water partition coefficient (Wildman–Crippen LogP) is 3.67. The highest BCUT2D eigenvalue weighted by atomic mass is 16.3. The van der Waals surface area contributed by atoms with Gasteiger partial charge >= 0.3 is 0 Å². The van der Waals surface area contributed by atoms with Crippen LogP contribution in [0.15, 0.2) is 41.0 Å². The van der Waals surface area contributed by atoms with Gasteiger partial charge in [0.25, 0.3) is 0 Å². The molecule has 7 heteroatoms. The second-order valence-electron chi connectivity index (χ2n) is 7.58. The van der Waals surface area contributed by atoms with Gasteiger partial charge in [-0.3, -0.25) is 9.59 Å². The van der Waals surface area contributed by atoms with Crippen LogP contribution in [0.1, 0.15) is 35.3 Å². The predicted molar refractivity (Wildman–Crippen MR) is 117 cm³/mol.